The van der Waals surface area contributed by atoms with E-state index >= 15 is 0 Å². The van der Waals surface area contributed by atoms with Gasteiger partial charge in [-0.1, -0.05) is 6.07 Å². The Kier molecular flexibility index (Phi) is 6.25. The molecule has 2 heterocycles. The number of amides is 2. The zero-order valence-electron chi connectivity index (χ0n) is 15.4. The van der Waals surface area contributed by atoms with Crippen LogP contribution in [0.5, 0.6) is 5.75 Å². The van der Waals surface area contributed by atoms with E-state index in [1.807, 2.05) is 23.1 Å². The second kappa shape index (κ2) is 9.02. The van der Waals surface area contributed by atoms with Crippen molar-refractivity contribution in [3.05, 3.63) is 48.7 Å². The molecule has 2 amide bonds. The van der Waals surface area contributed by atoms with Gasteiger partial charge in [-0.05, 0) is 36.4 Å². The summed E-state index contributed by atoms with van der Waals surface area (Å²) in [7, 11) is 1.59. The fraction of sp³-hybridized carbons (Fsp3) is 0.350. The molecule has 0 spiro atoms. The highest BCUT2D eigenvalue weighted by atomic mass is 16.5. The van der Waals surface area contributed by atoms with Gasteiger partial charge >= 0.3 is 0 Å². The Morgan fingerprint density at radius 3 is 2.41 bits per heavy atom. The predicted octanol–water partition coefficient (Wildman–Crippen LogP) is 2.16. The van der Waals surface area contributed by atoms with Crippen LogP contribution in [0.15, 0.2) is 48.7 Å². The van der Waals surface area contributed by atoms with Crippen molar-refractivity contribution in [1.82, 2.24) is 9.88 Å². The molecule has 1 aliphatic heterocycles. The number of ether oxygens (including phenoxy) is 1. The first kappa shape index (κ1) is 18.7. The van der Waals surface area contributed by atoms with Gasteiger partial charge in [-0.15, -0.1) is 0 Å². The summed E-state index contributed by atoms with van der Waals surface area (Å²) in [4.78, 5) is 32.8. The van der Waals surface area contributed by atoms with Crippen LogP contribution in [-0.4, -0.2) is 55.0 Å². The number of hydrogen-bond donors (Lipinski definition) is 1. The molecule has 1 N–H and O–H groups in total. The minimum absolute atomic E-state index is 0.0144. The van der Waals surface area contributed by atoms with E-state index in [4.69, 9.17) is 4.74 Å². The Labute approximate surface area is 158 Å². The second-order valence-corrected chi connectivity index (χ2v) is 6.33. The van der Waals surface area contributed by atoms with Crippen molar-refractivity contribution in [3.8, 4) is 5.75 Å². The molecule has 0 saturated carbocycles. The van der Waals surface area contributed by atoms with Gasteiger partial charge in [0.15, 0.2) is 0 Å². The first-order chi connectivity index (χ1) is 13.2. The molecule has 7 heteroatoms. The second-order valence-electron chi connectivity index (χ2n) is 6.33. The van der Waals surface area contributed by atoms with E-state index < -0.39 is 0 Å². The van der Waals surface area contributed by atoms with Crippen molar-refractivity contribution in [3.63, 3.8) is 0 Å². The van der Waals surface area contributed by atoms with Crippen LogP contribution in [0.3, 0.4) is 0 Å². The van der Waals surface area contributed by atoms with E-state index in [2.05, 4.69) is 15.2 Å². The van der Waals surface area contributed by atoms with Crippen LogP contribution in [0, 0.1) is 0 Å². The molecule has 1 fully saturated rings. The first-order valence-electron chi connectivity index (χ1n) is 9.03. The number of methoxy groups -OCH3 is 1. The highest BCUT2D eigenvalue weighted by molar-refractivity contribution is 5.93. The molecule has 0 radical (unpaired) electrons. The molecule has 2 aromatic rings. The normalized spacial score (nSPS) is 14.0. The molecule has 142 valence electrons. The molecule has 3 rings (SSSR count). The minimum atomic E-state index is -0.166. The number of pyridine rings is 1. The summed E-state index contributed by atoms with van der Waals surface area (Å²) in [5.74, 6) is 1.51. The van der Waals surface area contributed by atoms with Crippen molar-refractivity contribution in [1.29, 1.82) is 0 Å². The van der Waals surface area contributed by atoms with Crippen LogP contribution in [0.25, 0.3) is 0 Å². The van der Waals surface area contributed by atoms with Crippen molar-refractivity contribution in [2.75, 3.05) is 43.5 Å². The smallest absolute Gasteiger partial charge is 0.224 e. The van der Waals surface area contributed by atoms with E-state index in [-0.39, 0.29) is 24.7 Å². The number of rotatable bonds is 6. The monoisotopic (exact) mass is 368 g/mol. The number of benzene rings is 1. The number of anilines is 2. The van der Waals surface area contributed by atoms with Crippen LogP contribution < -0.4 is 15.0 Å². The van der Waals surface area contributed by atoms with Gasteiger partial charge in [0.25, 0.3) is 0 Å². The maximum atomic E-state index is 12.4. The maximum Gasteiger partial charge on any atom is 0.224 e. The van der Waals surface area contributed by atoms with E-state index in [9.17, 15) is 9.59 Å². The third-order valence-electron chi connectivity index (χ3n) is 4.55. The number of nitrogens with one attached hydrogen (secondary N) is 1. The summed E-state index contributed by atoms with van der Waals surface area (Å²) in [6.07, 6.45) is 2.16. The molecular formula is C20H24N4O3. The van der Waals surface area contributed by atoms with E-state index in [1.54, 1.807) is 37.6 Å². The van der Waals surface area contributed by atoms with E-state index in [0.29, 0.717) is 18.8 Å². The van der Waals surface area contributed by atoms with Crippen LogP contribution in [0.1, 0.15) is 12.8 Å². The van der Waals surface area contributed by atoms with E-state index in [0.717, 1.165) is 24.7 Å². The largest absolute Gasteiger partial charge is 0.497 e. The number of carbonyl (C=O) groups excluding carboxylic acids is 2. The Hall–Kier alpha value is -3.09. The summed E-state index contributed by atoms with van der Waals surface area (Å²) >= 11 is 0. The van der Waals surface area contributed by atoms with Crippen LogP contribution >= 0.6 is 0 Å². The minimum Gasteiger partial charge on any atom is -0.497 e. The van der Waals surface area contributed by atoms with Gasteiger partial charge in [0.2, 0.25) is 11.8 Å². The summed E-state index contributed by atoms with van der Waals surface area (Å²) in [6, 6.07) is 12.9. The molecule has 1 aromatic heterocycles. The molecule has 7 nitrogen and oxygen atoms in total. The average molecular weight is 368 g/mol. The van der Waals surface area contributed by atoms with Gasteiger partial charge in [-0.2, -0.15) is 0 Å². The summed E-state index contributed by atoms with van der Waals surface area (Å²) < 4.78 is 5.09. The van der Waals surface area contributed by atoms with Crippen LogP contribution in [-0.2, 0) is 9.59 Å². The average Bonchev–Trinajstić information content (AvgIpc) is 2.73. The maximum absolute atomic E-state index is 12.4. The zero-order chi connectivity index (χ0) is 19.1. The Balaban J connectivity index is 1.41. The van der Waals surface area contributed by atoms with Crippen LogP contribution in [0.2, 0.25) is 0 Å². The Morgan fingerprint density at radius 1 is 1.04 bits per heavy atom. The summed E-state index contributed by atoms with van der Waals surface area (Å²) in [6.45, 7) is 2.80. The van der Waals surface area contributed by atoms with Crippen molar-refractivity contribution in [2.24, 2.45) is 0 Å². The lowest BCUT2D eigenvalue weighted by molar-refractivity contribution is -0.133. The molecule has 1 aromatic carbocycles. The third kappa shape index (κ3) is 5.20. The van der Waals surface area contributed by atoms with Gasteiger partial charge in [-0.3, -0.25) is 9.59 Å². The number of hydrogen-bond acceptors (Lipinski definition) is 5. The van der Waals surface area contributed by atoms with Crippen molar-refractivity contribution < 1.29 is 14.3 Å². The van der Waals surface area contributed by atoms with Crippen molar-refractivity contribution >= 4 is 23.3 Å². The SMILES string of the molecule is COc1ccc(NC(=O)CCC(=O)N2CCN(c3ccccn3)CC2)cc1. The molecule has 1 aliphatic rings. The fourth-order valence-corrected chi connectivity index (χ4v) is 3.00. The number of nitrogens with zero attached hydrogens (tertiary/aromatic N) is 3. The Morgan fingerprint density at radius 2 is 1.78 bits per heavy atom. The highest BCUT2D eigenvalue weighted by Gasteiger charge is 2.22. The molecule has 0 aliphatic carbocycles. The third-order valence-corrected chi connectivity index (χ3v) is 4.55. The fourth-order valence-electron chi connectivity index (χ4n) is 3.00. The number of carbonyl (C=O) groups is 2. The van der Waals surface area contributed by atoms with Gasteiger partial charge < -0.3 is 19.9 Å². The van der Waals surface area contributed by atoms with Crippen LogP contribution in [0.4, 0.5) is 11.5 Å². The molecule has 0 atom stereocenters. The van der Waals surface area contributed by atoms with Gasteiger partial charge in [-0.25, -0.2) is 4.98 Å². The van der Waals surface area contributed by atoms with Crippen molar-refractivity contribution in [2.45, 2.75) is 12.8 Å². The lowest BCUT2D eigenvalue weighted by atomic mass is 10.2. The highest BCUT2D eigenvalue weighted by Crippen LogP contribution is 2.16. The standard InChI is InChI=1S/C20H24N4O3/c1-27-17-7-5-16(6-8-17)22-19(25)9-10-20(26)24-14-12-23(13-15-24)18-4-2-3-11-21-18/h2-8,11H,9-10,12-15H2,1H3,(H,22,25). The molecule has 1 saturated heterocycles. The van der Waals surface area contributed by atoms with Gasteiger partial charge in [0, 0.05) is 50.9 Å². The number of aromatic nitrogens is 1. The molecule has 27 heavy (non-hydrogen) atoms. The topological polar surface area (TPSA) is 74.8 Å². The molecule has 0 unspecified atom stereocenters. The molecular weight excluding hydrogens is 344 g/mol. The molecule has 0 bridgehead atoms. The number of piperazine rings is 1. The summed E-state index contributed by atoms with van der Waals surface area (Å²) in [5, 5.41) is 2.80. The lowest BCUT2D eigenvalue weighted by Crippen LogP contribution is -2.49. The first-order valence-corrected chi connectivity index (χ1v) is 9.03. The summed E-state index contributed by atoms with van der Waals surface area (Å²) in [5.41, 5.74) is 0.692. The van der Waals surface area contributed by atoms with Gasteiger partial charge in [0.05, 0.1) is 7.11 Å². The van der Waals surface area contributed by atoms with E-state index in [1.165, 1.54) is 0 Å². The quantitative estimate of drug-likeness (QED) is 0.846. The zero-order valence-corrected chi connectivity index (χ0v) is 15.4. The lowest BCUT2D eigenvalue weighted by Gasteiger charge is -2.35. The van der Waals surface area contributed by atoms with Gasteiger partial charge in [0.1, 0.15) is 11.6 Å². The Bertz CT molecular complexity index is 757. The predicted molar refractivity (Wildman–Crippen MR) is 104 cm³/mol.